The smallest absolute Gasteiger partial charge is 0.239 e. The van der Waals surface area contributed by atoms with E-state index in [0.717, 1.165) is 25.9 Å². The Bertz CT molecular complexity index is 864. The molecule has 0 unspecified atom stereocenters. The van der Waals surface area contributed by atoms with Crippen molar-refractivity contribution in [2.75, 3.05) is 26.2 Å². The maximum Gasteiger partial charge on any atom is 0.239 e. The number of aliphatic hydroxyl groups excluding tert-OH is 1. The van der Waals surface area contributed by atoms with Gasteiger partial charge in [0, 0.05) is 29.4 Å². The average molecular weight is 435 g/mol. The molecule has 0 saturated carbocycles. The van der Waals surface area contributed by atoms with E-state index < -0.39 is 6.10 Å². The van der Waals surface area contributed by atoms with Gasteiger partial charge in [-0.3, -0.25) is 4.79 Å². The van der Waals surface area contributed by atoms with E-state index in [-0.39, 0.29) is 30.0 Å². The summed E-state index contributed by atoms with van der Waals surface area (Å²) in [6.45, 7) is 2.69. The molecule has 3 aliphatic heterocycles. The van der Waals surface area contributed by atoms with Crippen LogP contribution < -0.4 is 5.32 Å². The molecule has 1 aromatic carbocycles. The van der Waals surface area contributed by atoms with Gasteiger partial charge in [-0.25, -0.2) is 0 Å². The van der Waals surface area contributed by atoms with Crippen molar-refractivity contribution < 1.29 is 14.6 Å². The van der Waals surface area contributed by atoms with Crippen LogP contribution in [0, 0.1) is 0 Å². The highest BCUT2D eigenvalue weighted by Gasteiger charge is 2.44. The molecule has 3 aliphatic rings. The quantitative estimate of drug-likeness (QED) is 0.762. The number of aliphatic hydroxyl groups is 1. The number of likely N-dealkylation sites (tertiary alicyclic amines) is 1. The molecule has 2 fully saturated rings. The predicted molar refractivity (Wildman–Crippen MR) is 117 cm³/mol. The number of hydrogen-bond donors (Lipinski definition) is 2. The molecule has 0 radical (unpaired) electrons. The molecule has 2 atom stereocenters. The number of β-amino-alcohol motifs (C(OH)–C–C–N with tert-alkyl or cyclic N) is 1. The lowest BCUT2D eigenvalue weighted by Crippen LogP contribution is -2.51. The van der Waals surface area contributed by atoms with Crippen molar-refractivity contribution in [2.24, 2.45) is 0 Å². The highest BCUT2D eigenvalue weighted by atomic mass is 35.5. The van der Waals surface area contributed by atoms with Crippen LogP contribution in [-0.4, -0.2) is 54.3 Å². The summed E-state index contributed by atoms with van der Waals surface area (Å²) >= 11 is 1.86. The molecule has 4 heterocycles. The van der Waals surface area contributed by atoms with Crippen molar-refractivity contribution in [1.82, 2.24) is 10.2 Å². The van der Waals surface area contributed by atoms with E-state index in [2.05, 4.69) is 35.6 Å². The summed E-state index contributed by atoms with van der Waals surface area (Å²) in [5.74, 6) is 0.124. The van der Waals surface area contributed by atoms with Crippen LogP contribution in [0.15, 0.2) is 36.4 Å². The van der Waals surface area contributed by atoms with Gasteiger partial charge in [0.15, 0.2) is 0 Å². The Labute approximate surface area is 181 Å². The Balaban J connectivity index is 0.00000205. The molecule has 0 aliphatic carbocycles. The fourth-order valence-electron chi connectivity index (χ4n) is 4.75. The second-order valence-electron chi connectivity index (χ2n) is 8.10. The number of thiophene rings is 1. The molecule has 1 amide bonds. The number of halogens is 1. The van der Waals surface area contributed by atoms with E-state index in [4.69, 9.17) is 4.74 Å². The summed E-state index contributed by atoms with van der Waals surface area (Å²) in [5, 5.41) is 12.8. The fraction of sp³-hybridized carbons (Fsp3) is 0.500. The largest absolute Gasteiger partial charge is 0.392 e. The molecular formula is C22H27ClN2O3S. The van der Waals surface area contributed by atoms with E-state index >= 15 is 0 Å². The average Bonchev–Trinajstić information content (AvgIpc) is 3.36. The molecule has 2 saturated heterocycles. The van der Waals surface area contributed by atoms with Crippen molar-refractivity contribution in [1.29, 1.82) is 0 Å². The minimum Gasteiger partial charge on any atom is -0.392 e. The van der Waals surface area contributed by atoms with Crippen LogP contribution in [-0.2, 0) is 21.6 Å². The fourth-order valence-corrected chi connectivity index (χ4v) is 6.17. The zero-order valence-corrected chi connectivity index (χ0v) is 17.9. The first kappa shape index (κ1) is 20.8. The van der Waals surface area contributed by atoms with Gasteiger partial charge in [-0.15, -0.1) is 23.7 Å². The van der Waals surface area contributed by atoms with Crippen LogP contribution in [0.2, 0.25) is 0 Å². The van der Waals surface area contributed by atoms with Crippen LogP contribution in [0.4, 0.5) is 0 Å². The van der Waals surface area contributed by atoms with Crippen LogP contribution >= 0.6 is 23.7 Å². The monoisotopic (exact) mass is 434 g/mol. The number of nitrogens with one attached hydrogen (secondary N) is 1. The minimum absolute atomic E-state index is 0. The van der Waals surface area contributed by atoms with Gasteiger partial charge >= 0.3 is 0 Å². The van der Waals surface area contributed by atoms with E-state index in [1.165, 1.54) is 20.9 Å². The van der Waals surface area contributed by atoms with Gasteiger partial charge in [-0.05, 0) is 42.9 Å². The maximum absolute atomic E-state index is 12.8. The second-order valence-corrected chi connectivity index (χ2v) is 9.15. The number of fused-ring (bicyclic) bond motifs is 2. The van der Waals surface area contributed by atoms with E-state index in [1.54, 1.807) is 0 Å². The van der Waals surface area contributed by atoms with Crippen molar-refractivity contribution in [2.45, 2.75) is 43.4 Å². The van der Waals surface area contributed by atoms with Crippen LogP contribution in [0.1, 0.15) is 29.7 Å². The first-order chi connectivity index (χ1) is 13.6. The molecular weight excluding hydrogens is 408 g/mol. The number of hydrogen-bond acceptors (Lipinski definition) is 5. The van der Waals surface area contributed by atoms with Crippen molar-refractivity contribution >= 4 is 29.7 Å². The normalized spacial score (nSPS) is 25.5. The number of benzene rings is 1. The standard InChI is InChI=1S/C22H26N2O3S.ClH/c25-17-13-18(23-14-17)21(26)24-9-7-22(8-10-24)20-16(6-11-27-22)12-19(28-20)15-4-2-1-3-5-15;/h1-5,12,17-18,23,25H,6-11,13-14H2;1H/t17-,18-;/m1./s1. The molecule has 1 aromatic heterocycles. The van der Waals surface area contributed by atoms with Gasteiger partial charge in [0.2, 0.25) is 5.91 Å². The van der Waals surface area contributed by atoms with Gasteiger partial charge in [0.1, 0.15) is 5.60 Å². The topological polar surface area (TPSA) is 61.8 Å². The molecule has 156 valence electrons. The molecule has 0 bridgehead atoms. The lowest BCUT2D eigenvalue weighted by atomic mass is 9.85. The van der Waals surface area contributed by atoms with Crippen molar-refractivity contribution in [3.05, 3.63) is 46.8 Å². The summed E-state index contributed by atoms with van der Waals surface area (Å²) in [7, 11) is 0. The summed E-state index contributed by atoms with van der Waals surface area (Å²) < 4.78 is 6.37. The lowest BCUT2D eigenvalue weighted by molar-refractivity contribution is -0.142. The Morgan fingerprint density at radius 1 is 1.24 bits per heavy atom. The third-order valence-corrected chi connectivity index (χ3v) is 7.73. The molecule has 2 aromatic rings. The Hall–Kier alpha value is -1.44. The Morgan fingerprint density at radius 3 is 2.69 bits per heavy atom. The number of amides is 1. The van der Waals surface area contributed by atoms with Gasteiger partial charge in [-0.1, -0.05) is 30.3 Å². The SMILES string of the molecule is Cl.O=C([C@H]1C[C@@H](O)CN1)N1CCC2(CC1)OCCc1cc(-c3ccccc3)sc12. The zero-order chi connectivity index (χ0) is 19.1. The maximum atomic E-state index is 12.8. The predicted octanol–water partition coefficient (Wildman–Crippen LogP) is 2.95. The van der Waals surface area contributed by atoms with Crippen LogP contribution in [0.25, 0.3) is 10.4 Å². The van der Waals surface area contributed by atoms with E-state index in [0.29, 0.717) is 26.1 Å². The summed E-state index contributed by atoms with van der Waals surface area (Å²) in [6, 6.07) is 12.6. The molecule has 5 rings (SSSR count). The number of carbonyl (C=O) groups excluding carboxylic acids is 1. The molecule has 2 N–H and O–H groups in total. The Morgan fingerprint density at radius 2 is 2.00 bits per heavy atom. The first-order valence-corrected chi connectivity index (χ1v) is 11.0. The molecule has 5 nitrogen and oxygen atoms in total. The minimum atomic E-state index is -0.406. The van der Waals surface area contributed by atoms with E-state index in [1.807, 2.05) is 22.3 Å². The van der Waals surface area contributed by atoms with Gasteiger partial charge in [0.05, 0.1) is 18.8 Å². The van der Waals surface area contributed by atoms with Crippen LogP contribution in [0.3, 0.4) is 0 Å². The molecule has 29 heavy (non-hydrogen) atoms. The van der Waals surface area contributed by atoms with Crippen molar-refractivity contribution in [3.8, 4) is 10.4 Å². The number of carbonyl (C=O) groups is 1. The first-order valence-electron chi connectivity index (χ1n) is 10.2. The highest BCUT2D eigenvalue weighted by molar-refractivity contribution is 7.15. The lowest BCUT2D eigenvalue weighted by Gasteiger charge is -2.44. The Kier molecular flexibility index (Phi) is 6.00. The molecule has 7 heteroatoms. The highest BCUT2D eigenvalue weighted by Crippen LogP contribution is 2.47. The van der Waals surface area contributed by atoms with Gasteiger partial charge in [0.25, 0.3) is 0 Å². The summed E-state index contributed by atoms with van der Waals surface area (Å²) in [5.41, 5.74) is 2.43. The third kappa shape index (κ3) is 3.84. The number of ether oxygens (including phenoxy) is 1. The number of piperidine rings is 1. The van der Waals surface area contributed by atoms with Crippen molar-refractivity contribution in [3.63, 3.8) is 0 Å². The second kappa shape index (κ2) is 8.36. The van der Waals surface area contributed by atoms with Crippen LogP contribution in [0.5, 0.6) is 0 Å². The van der Waals surface area contributed by atoms with Gasteiger partial charge in [-0.2, -0.15) is 0 Å². The third-order valence-electron chi connectivity index (χ3n) is 6.32. The summed E-state index contributed by atoms with van der Waals surface area (Å²) in [4.78, 5) is 17.4. The van der Waals surface area contributed by atoms with Gasteiger partial charge < -0.3 is 20.1 Å². The number of rotatable bonds is 2. The molecule has 1 spiro atoms. The summed E-state index contributed by atoms with van der Waals surface area (Å²) in [6.07, 6.45) is 2.77. The number of nitrogens with zero attached hydrogens (tertiary/aromatic N) is 1. The van der Waals surface area contributed by atoms with E-state index in [9.17, 15) is 9.90 Å². The zero-order valence-electron chi connectivity index (χ0n) is 16.3.